The normalized spacial score (nSPS) is 21.2. The summed E-state index contributed by atoms with van der Waals surface area (Å²) in [6.45, 7) is 3.43. The van der Waals surface area contributed by atoms with Crippen LogP contribution < -0.4 is 10.6 Å². The summed E-state index contributed by atoms with van der Waals surface area (Å²) >= 11 is 0. The van der Waals surface area contributed by atoms with Crippen molar-refractivity contribution in [2.45, 2.75) is 38.3 Å². The quantitative estimate of drug-likeness (QED) is 0.910. The van der Waals surface area contributed by atoms with Crippen molar-refractivity contribution in [1.29, 1.82) is 0 Å². The van der Waals surface area contributed by atoms with E-state index in [4.69, 9.17) is 10.5 Å². The van der Waals surface area contributed by atoms with E-state index in [0.717, 1.165) is 31.7 Å². The molecule has 1 saturated heterocycles. The molecule has 0 spiro atoms. The molecule has 0 saturated carbocycles. The van der Waals surface area contributed by atoms with Crippen molar-refractivity contribution < 1.29 is 9.13 Å². The molecule has 1 aliphatic heterocycles. The second kappa shape index (κ2) is 6.35. The van der Waals surface area contributed by atoms with E-state index >= 15 is 0 Å². The van der Waals surface area contributed by atoms with Crippen LogP contribution in [0.2, 0.25) is 0 Å². The molecule has 0 amide bonds. The third-order valence-electron chi connectivity index (χ3n) is 3.65. The molecule has 19 heavy (non-hydrogen) atoms. The lowest BCUT2D eigenvalue weighted by Crippen LogP contribution is -2.34. The van der Waals surface area contributed by atoms with Crippen LogP contribution in [0.25, 0.3) is 0 Å². The summed E-state index contributed by atoms with van der Waals surface area (Å²) in [6, 6.07) is 4.80. The number of hydrogen-bond acceptors (Lipinski definition) is 3. The lowest BCUT2D eigenvalue weighted by Gasteiger charge is -2.30. The zero-order chi connectivity index (χ0) is 13.8. The Balaban J connectivity index is 2.13. The average Bonchev–Trinajstić information content (AvgIpc) is 2.39. The van der Waals surface area contributed by atoms with Gasteiger partial charge in [-0.15, -0.1) is 0 Å². The number of benzene rings is 1. The summed E-state index contributed by atoms with van der Waals surface area (Å²) in [4.78, 5) is 2.05. The number of rotatable bonds is 4. The van der Waals surface area contributed by atoms with Gasteiger partial charge in [0.25, 0.3) is 0 Å². The van der Waals surface area contributed by atoms with E-state index < -0.39 is 0 Å². The highest BCUT2D eigenvalue weighted by Crippen LogP contribution is 2.28. The van der Waals surface area contributed by atoms with Crippen LogP contribution in [0, 0.1) is 5.82 Å². The van der Waals surface area contributed by atoms with Crippen molar-refractivity contribution in [3.8, 4) is 0 Å². The molecular weight excluding hydrogens is 243 g/mol. The van der Waals surface area contributed by atoms with Crippen LogP contribution in [0.3, 0.4) is 0 Å². The maximum atomic E-state index is 13.9. The molecule has 2 N–H and O–H groups in total. The largest absolute Gasteiger partial charge is 0.376 e. The number of nitrogens with two attached hydrogens (primary N) is 1. The molecule has 0 bridgehead atoms. The van der Waals surface area contributed by atoms with Crippen molar-refractivity contribution in [3.05, 3.63) is 29.6 Å². The zero-order valence-electron chi connectivity index (χ0n) is 11.7. The first-order valence-corrected chi connectivity index (χ1v) is 6.96. The Labute approximate surface area is 114 Å². The number of ether oxygens (including phenoxy) is 1. The fourth-order valence-electron chi connectivity index (χ4n) is 2.66. The number of likely N-dealkylation sites (N-methyl/N-ethyl adjacent to an activating group) is 1. The van der Waals surface area contributed by atoms with Crippen molar-refractivity contribution >= 4 is 5.69 Å². The van der Waals surface area contributed by atoms with Crippen molar-refractivity contribution in [1.82, 2.24) is 0 Å². The summed E-state index contributed by atoms with van der Waals surface area (Å²) in [7, 11) is 1.97. The minimum atomic E-state index is -0.314. The second-order valence-electron chi connectivity index (χ2n) is 5.33. The summed E-state index contributed by atoms with van der Waals surface area (Å²) < 4.78 is 19.6. The third-order valence-corrected chi connectivity index (χ3v) is 3.65. The van der Waals surface area contributed by atoms with Crippen molar-refractivity contribution in [3.63, 3.8) is 0 Å². The van der Waals surface area contributed by atoms with Gasteiger partial charge in [0.2, 0.25) is 0 Å². The summed E-state index contributed by atoms with van der Waals surface area (Å²) in [6.07, 6.45) is 3.67. The Morgan fingerprint density at radius 2 is 2.26 bits per heavy atom. The number of anilines is 1. The molecule has 2 atom stereocenters. The minimum Gasteiger partial charge on any atom is -0.376 e. The van der Waals surface area contributed by atoms with E-state index in [1.807, 2.05) is 20.0 Å². The van der Waals surface area contributed by atoms with Crippen LogP contribution in [0.4, 0.5) is 10.1 Å². The highest BCUT2D eigenvalue weighted by Gasteiger charge is 2.20. The van der Waals surface area contributed by atoms with Crippen LogP contribution in [0.1, 0.15) is 37.8 Å². The highest BCUT2D eigenvalue weighted by molar-refractivity contribution is 5.55. The fraction of sp³-hybridized carbons (Fsp3) is 0.600. The van der Waals surface area contributed by atoms with Crippen LogP contribution in [-0.4, -0.2) is 26.3 Å². The minimum absolute atomic E-state index is 0.232. The van der Waals surface area contributed by atoms with Crippen LogP contribution in [-0.2, 0) is 4.74 Å². The van der Waals surface area contributed by atoms with Gasteiger partial charge in [-0.25, -0.2) is 4.39 Å². The first-order valence-electron chi connectivity index (χ1n) is 6.96. The monoisotopic (exact) mass is 266 g/mol. The highest BCUT2D eigenvalue weighted by atomic mass is 19.1. The molecule has 1 fully saturated rings. The first kappa shape index (κ1) is 14.3. The number of nitrogens with zero attached hydrogens (tertiary/aromatic N) is 1. The maximum Gasteiger partial charge on any atom is 0.130 e. The van der Waals surface area contributed by atoms with Gasteiger partial charge in [-0.3, -0.25) is 0 Å². The molecule has 3 nitrogen and oxygen atoms in total. The fourth-order valence-corrected chi connectivity index (χ4v) is 2.66. The third kappa shape index (κ3) is 3.45. The molecule has 1 aromatic carbocycles. The Kier molecular flexibility index (Phi) is 4.77. The predicted molar refractivity (Wildman–Crippen MR) is 75.9 cm³/mol. The van der Waals surface area contributed by atoms with Gasteiger partial charge in [-0.05, 0) is 38.3 Å². The van der Waals surface area contributed by atoms with E-state index in [9.17, 15) is 4.39 Å². The van der Waals surface area contributed by atoms with Gasteiger partial charge < -0.3 is 15.4 Å². The summed E-state index contributed by atoms with van der Waals surface area (Å²) in [5.41, 5.74) is 7.34. The number of hydrogen-bond donors (Lipinski definition) is 1. The topological polar surface area (TPSA) is 38.5 Å². The molecule has 1 aliphatic rings. The van der Waals surface area contributed by atoms with Crippen LogP contribution >= 0.6 is 0 Å². The average molecular weight is 266 g/mol. The molecular formula is C15H23FN2O. The SMILES string of the molecule is C[C@@H](N)c1c(F)cccc1N(C)CC1CCCCO1. The van der Waals surface area contributed by atoms with Crippen LogP contribution in [0.5, 0.6) is 0 Å². The standard InChI is InChI=1S/C15H23FN2O/c1-11(17)15-13(16)7-5-8-14(15)18(2)10-12-6-3-4-9-19-12/h5,7-8,11-12H,3-4,6,9-10,17H2,1-2H3/t11-,12?/m1/s1. The Hall–Kier alpha value is -1.13. The lowest BCUT2D eigenvalue weighted by atomic mass is 10.0. The van der Waals surface area contributed by atoms with Gasteiger partial charge in [0.05, 0.1) is 6.10 Å². The lowest BCUT2D eigenvalue weighted by molar-refractivity contribution is 0.0216. The van der Waals surface area contributed by atoms with E-state index in [2.05, 4.69) is 4.90 Å². The smallest absolute Gasteiger partial charge is 0.130 e. The molecule has 2 rings (SSSR count). The Morgan fingerprint density at radius 3 is 2.89 bits per heavy atom. The van der Waals surface area contributed by atoms with E-state index in [1.54, 1.807) is 6.07 Å². The zero-order valence-corrected chi connectivity index (χ0v) is 11.7. The second-order valence-corrected chi connectivity index (χ2v) is 5.33. The van der Waals surface area contributed by atoms with E-state index in [-0.39, 0.29) is 18.0 Å². The Bertz CT molecular complexity index is 417. The van der Waals surface area contributed by atoms with Crippen molar-refractivity contribution in [2.75, 3.05) is 25.1 Å². The molecule has 0 aliphatic carbocycles. The first-order chi connectivity index (χ1) is 9.09. The van der Waals surface area contributed by atoms with E-state index in [1.165, 1.54) is 12.5 Å². The van der Waals surface area contributed by atoms with E-state index in [0.29, 0.717) is 5.56 Å². The molecule has 0 radical (unpaired) electrons. The summed E-state index contributed by atoms with van der Waals surface area (Å²) in [5.74, 6) is -0.232. The molecule has 4 heteroatoms. The van der Waals surface area contributed by atoms with Gasteiger partial charge in [0.15, 0.2) is 0 Å². The Morgan fingerprint density at radius 1 is 1.47 bits per heavy atom. The summed E-state index contributed by atoms with van der Waals surface area (Å²) in [5, 5.41) is 0. The van der Waals surface area contributed by atoms with Gasteiger partial charge in [-0.2, -0.15) is 0 Å². The maximum absolute atomic E-state index is 13.9. The predicted octanol–water partition coefficient (Wildman–Crippen LogP) is 2.85. The van der Waals surface area contributed by atoms with Gasteiger partial charge in [0.1, 0.15) is 5.82 Å². The van der Waals surface area contributed by atoms with Gasteiger partial charge in [0, 0.05) is 37.5 Å². The number of halogens is 1. The molecule has 1 unspecified atom stereocenters. The molecule has 0 aromatic heterocycles. The van der Waals surface area contributed by atoms with Crippen LogP contribution in [0.15, 0.2) is 18.2 Å². The van der Waals surface area contributed by atoms with Crippen molar-refractivity contribution in [2.24, 2.45) is 5.73 Å². The molecule has 1 aromatic rings. The van der Waals surface area contributed by atoms with Gasteiger partial charge >= 0.3 is 0 Å². The molecule has 1 heterocycles. The molecule has 106 valence electrons. The van der Waals surface area contributed by atoms with Gasteiger partial charge in [-0.1, -0.05) is 6.07 Å².